The van der Waals surface area contributed by atoms with Crippen LogP contribution in [0.2, 0.25) is 0 Å². The highest BCUT2D eigenvalue weighted by Gasteiger charge is 2.18. The van der Waals surface area contributed by atoms with Gasteiger partial charge in [-0.2, -0.15) is 4.98 Å². The first-order valence-corrected chi connectivity index (χ1v) is 7.59. The lowest BCUT2D eigenvalue weighted by Gasteiger charge is -2.27. The van der Waals surface area contributed by atoms with Crippen molar-refractivity contribution >= 4 is 17.1 Å². The molecule has 118 valence electrons. The fourth-order valence-corrected chi connectivity index (χ4v) is 2.75. The van der Waals surface area contributed by atoms with Gasteiger partial charge in [0.1, 0.15) is 11.2 Å². The number of benzene rings is 1. The highest BCUT2D eigenvalue weighted by Crippen LogP contribution is 2.27. The maximum Gasteiger partial charge on any atom is 0.228 e. The number of aliphatic hydroxyl groups excluding tert-OH is 1. The van der Waals surface area contributed by atoms with E-state index in [4.69, 9.17) is 9.72 Å². The largest absolute Gasteiger partial charge is 0.392 e. The lowest BCUT2D eigenvalue weighted by Crippen LogP contribution is -2.37. The second kappa shape index (κ2) is 5.94. The molecular formula is C16H17N5O2. The zero-order valence-corrected chi connectivity index (χ0v) is 12.6. The van der Waals surface area contributed by atoms with E-state index in [1.54, 1.807) is 6.33 Å². The van der Waals surface area contributed by atoms with Gasteiger partial charge in [0.2, 0.25) is 5.95 Å². The van der Waals surface area contributed by atoms with Crippen molar-refractivity contribution in [2.75, 3.05) is 31.2 Å². The van der Waals surface area contributed by atoms with E-state index in [-0.39, 0.29) is 6.61 Å². The van der Waals surface area contributed by atoms with E-state index in [0.717, 1.165) is 35.4 Å². The summed E-state index contributed by atoms with van der Waals surface area (Å²) in [6, 6.07) is 7.72. The average Bonchev–Trinajstić information content (AvgIpc) is 3.10. The summed E-state index contributed by atoms with van der Waals surface area (Å²) >= 11 is 0. The number of H-pyrrole nitrogens is 1. The summed E-state index contributed by atoms with van der Waals surface area (Å²) in [7, 11) is 0. The molecule has 1 aromatic carbocycles. The number of hydrogen-bond acceptors (Lipinski definition) is 6. The summed E-state index contributed by atoms with van der Waals surface area (Å²) in [4.78, 5) is 18.8. The maximum atomic E-state index is 9.37. The first-order valence-electron chi connectivity index (χ1n) is 7.59. The van der Waals surface area contributed by atoms with Gasteiger partial charge in [-0.1, -0.05) is 18.2 Å². The Hall–Kier alpha value is -2.51. The van der Waals surface area contributed by atoms with Crippen LogP contribution in [0.1, 0.15) is 5.56 Å². The molecule has 0 atom stereocenters. The van der Waals surface area contributed by atoms with E-state index in [0.29, 0.717) is 24.8 Å². The molecular weight excluding hydrogens is 294 g/mol. The zero-order valence-electron chi connectivity index (χ0n) is 12.6. The molecule has 0 aliphatic carbocycles. The number of nitrogens with one attached hydrogen (secondary N) is 1. The predicted molar refractivity (Wildman–Crippen MR) is 86.1 cm³/mol. The summed E-state index contributed by atoms with van der Waals surface area (Å²) < 4.78 is 5.39. The molecule has 0 radical (unpaired) electrons. The lowest BCUT2D eigenvalue weighted by molar-refractivity contribution is 0.122. The second-order valence-corrected chi connectivity index (χ2v) is 5.43. The number of nitrogens with zero attached hydrogens (tertiary/aromatic N) is 4. The average molecular weight is 311 g/mol. The molecule has 1 fully saturated rings. The molecule has 1 aliphatic rings. The van der Waals surface area contributed by atoms with E-state index in [1.165, 1.54) is 0 Å². The minimum Gasteiger partial charge on any atom is -0.392 e. The van der Waals surface area contributed by atoms with Crippen LogP contribution in [0.4, 0.5) is 5.95 Å². The molecule has 0 spiro atoms. The number of rotatable bonds is 3. The Kier molecular flexibility index (Phi) is 3.64. The third-order valence-corrected chi connectivity index (χ3v) is 3.95. The Labute approximate surface area is 133 Å². The van der Waals surface area contributed by atoms with Crippen molar-refractivity contribution in [2.24, 2.45) is 0 Å². The molecule has 0 saturated carbocycles. The van der Waals surface area contributed by atoms with Crippen molar-refractivity contribution in [3.05, 3.63) is 36.2 Å². The van der Waals surface area contributed by atoms with Crippen LogP contribution in [0.5, 0.6) is 0 Å². The topological polar surface area (TPSA) is 87.2 Å². The van der Waals surface area contributed by atoms with Gasteiger partial charge in [0, 0.05) is 18.7 Å². The van der Waals surface area contributed by atoms with Gasteiger partial charge in [-0.05, 0) is 11.6 Å². The number of morpholine rings is 1. The molecule has 0 bridgehead atoms. The summed E-state index contributed by atoms with van der Waals surface area (Å²) in [5.74, 6) is 0.664. The van der Waals surface area contributed by atoms with Crippen LogP contribution in [-0.2, 0) is 11.3 Å². The molecule has 2 N–H and O–H groups in total. The van der Waals surface area contributed by atoms with Gasteiger partial charge >= 0.3 is 0 Å². The molecule has 0 unspecified atom stereocenters. The van der Waals surface area contributed by atoms with Crippen LogP contribution in [0.3, 0.4) is 0 Å². The van der Waals surface area contributed by atoms with Crippen LogP contribution in [-0.4, -0.2) is 51.3 Å². The minimum absolute atomic E-state index is 0.00135. The molecule has 3 aromatic rings. The van der Waals surface area contributed by atoms with Crippen LogP contribution >= 0.6 is 0 Å². The highest BCUT2D eigenvalue weighted by molar-refractivity contribution is 5.88. The molecule has 3 heterocycles. The molecule has 2 aromatic heterocycles. The van der Waals surface area contributed by atoms with Crippen molar-refractivity contribution in [1.82, 2.24) is 19.9 Å². The van der Waals surface area contributed by atoms with Crippen LogP contribution in [0, 0.1) is 0 Å². The Morgan fingerprint density at radius 1 is 1.22 bits per heavy atom. The van der Waals surface area contributed by atoms with Crippen LogP contribution in [0.25, 0.3) is 22.4 Å². The number of aromatic amines is 1. The van der Waals surface area contributed by atoms with Gasteiger partial charge < -0.3 is 19.7 Å². The van der Waals surface area contributed by atoms with Crippen molar-refractivity contribution < 1.29 is 9.84 Å². The van der Waals surface area contributed by atoms with E-state index in [9.17, 15) is 5.11 Å². The zero-order chi connectivity index (χ0) is 15.6. The summed E-state index contributed by atoms with van der Waals surface area (Å²) in [5.41, 5.74) is 4.02. The minimum atomic E-state index is 0.00135. The van der Waals surface area contributed by atoms with Crippen molar-refractivity contribution in [1.29, 1.82) is 0 Å². The first-order chi connectivity index (χ1) is 11.3. The van der Waals surface area contributed by atoms with E-state index >= 15 is 0 Å². The van der Waals surface area contributed by atoms with Crippen molar-refractivity contribution in [2.45, 2.75) is 6.61 Å². The first kappa shape index (κ1) is 14.1. The normalized spacial score (nSPS) is 15.3. The van der Waals surface area contributed by atoms with Crippen LogP contribution < -0.4 is 4.90 Å². The Balaban J connectivity index is 1.85. The number of hydrogen-bond donors (Lipinski definition) is 2. The second-order valence-electron chi connectivity index (χ2n) is 5.43. The van der Waals surface area contributed by atoms with Crippen LogP contribution in [0.15, 0.2) is 30.6 Å². The number of imidazole rings is 1. The van der Waals surface area contributed by atoms with Gasteiger partial charge in [-0.25, -0.2) is 9.97 Å². The number of aromatic nitrogens is 4. The fourth-order valence-electron chi connectivity index (χ4n) is 2.75. The number of anilines is 1. The lowest BCUT2D eigenvalue weighted by atomic mass is 10.1. The third kappa shape index (κ3) is 2.64. The Morgan fingerprint density at radius 2 is 2.09 bits per heavy atom. The van der Waals surface area contributed by atoms with Gasteiger partial charge in [-0.15, -0.1) is 0 Å². The standard InChI is InChI=1S/C16H17N5O2/c22-9-11-2-1-3-12(8-11)13-14-15(18-10-17-14)20-16(19-13)21-4-6-23-7-5-21/h1-3,8,10,22H,4-7,9H2,(H,17,18,19,20). The van der Waals surface area contributed by atoms with E-state index in [1.807, 2.05) is 24.3 Å². The monoisotopic (exact) mass is 311 g/mol. The SMILES string of the molecule is OCc1cccc(-c2nc(N3CCOCC3)nc3nc[nH]c23)c1. The van der Waals surface area contributed by atoms with Crippen molar-refractivity contribution in [3.8, 4) is 11.3 Å². The Bertz CT molecular complexity index is 826. The van der Waals surface area contributed by atoms with Crippen molar-refractivity contribution in [3.63, 3.8) is 0 Å². The molecule has 1 aliphatic heterocycles. The summed E-state index contributed by atoms with van der Waals surface area (Å²) in [6.45, 7) is 2.90. The van der Waals surface area contributed by atoms with Gasteiger partial charge in [0.15, 0.2) is 5.65 Å². The fraction of sp³-hybridized carbons (Fsp3) is 0.312. The van der Waals surface area contributed by atoms with Gasteiger partial charge in [0.25, 0.3) is 0 Å². The van der Waals surface area contributed by atoms with E-state index in [2.05, 4.69) is 19.9 Å². The summed E-state index contributed by atoms with van der Waals surface area (Å²) in [6.07, 6.45) is 1.63. The maximum absolute atomic E-state index is 9.37. The number of aliphatic hydroxyl groups is 1. The molecule has 7 nitrogen and oxygen atoms in total. The van der Waals surface area contributed by atoms with E-state index < -0.39 is 0 Å². The quantitative estimate of drug-likeness (QED) is 0.759. The smallest absolute Gasteiger partial charge is 0.228 e. The number of fused-ring (bicyclic) bond motifs is 1. The number of ether oxygens (including phenoxy) is 1. The Morgan fingerprint density at radius 3 is 2.91 bits per heavy atom. The molecule has 7 heteroatoms. The van der Waals surface area contributed by atoms with Gasteiger partial charge in [-0.3, -0.25) is 0 Å². The highest BCUT2D eigenvalue weighted by atomic mass is 16.5. The third-order valence-electron chi connectivity index (χ3n) is 3.95. The summed E-state index contributed by atoms with van der Waals surface area (Å²) in [5, 5.41) is 9.37. The predicted octanol–water partition coefficient (Wildman–Crippen LogP) is 1.35. The molecule has 0 amide bonds. The molecule has 4 rings (SSSR count). The van der Waals surface area contributed by atoms with Gasteiger partial charge in [0.05, 0.1) is 26.1 Å². The molecule has 1 saturated heterocycles. The molecule has 23 heavy (non-hydrogen) atoms.